The van der Waals surface area contributed by atoms with Crippen LogP contribution in [0.2, 0.25) is 0 Å². The van der Waals surface area contributed by atoms with Crippen LogP contribution in [0.1, 0.15) is 39.5 Å². The number of nitrogens with two attached hydrogens (primary N) is 2. The van der Waals surface area contributed by atoms with E-state index in [0.717, 1.165) is 25.7 Å². The molecule has 0 spiro atoms. The first-order valence-electron chi connectivity index (χ1n) is 5.34. The van der Waals surface area contributed by atoms with Crippen LogP contribution in [-0.4, -0.2) is 25.3 Å². The Kier molecular flexibility index (Phi) is 8.40. The molecule has 0 aliphatic rings. The Morgan fingerprint density at radius 3 is 1.54 bits per heavy atom. The van der Waals surface area contributed by atoms with E-state index in [1.165, 1.54) is 0 Å². The van der Waals surface area contributed by atoms with E-state index in [-0.39, 0.29) is 0 Å². The minimum atomic E-state index is 0.321. The van der Waals surface area contributed by atoms with Crippen molar-refractivity contribution in [2.75, 3.05) is 13.1 Å². The van der Waals surface area contributed by atoms with E-state index in [4.69, 9.17) is 16.2 Å². The Morgan fingerprint density at radius 2 is 1.31 bits per heavy atom. The molecule has 0 heterocycles. The zero-order chi connectivity index (χ0) is 10.1. The van der Waals surface area contributed by atoms with Crippen LogP contribution >= 0.6 is 0 Å². The molecule has 0 fully saturated rings. The fourth-order valence-corrected chi connectivity index (χ4v) is 1.38. The van der Waals surface area contributed by atoms with Gasteiger partial charge in [-0.1, -0.05) is 13.8 Å². The SMILES string of the molecule is CCC(CCN)OC(CC)CCN. The van der Waals surface area contributed by atoms with Crippen LogP contribution in [0, 0.1) is 0 Å². The normalized spacial score (nSPS) is 15.7. The fraction of sp³-hybridized carbons (Fsp3) is 1.00. The van der Waals surface area contributed by atoms with Crippen LogP contribution in [0.25, 0.3) is 0 Å². The Morgan fingerprint density at radius 1 is 0.923 bits per heavy atom. The van der Waals surface area contributed by atoms with Gasteiger partial charge in [0.05, 0.1) is 12.2 Å². The first-order valence-corrected chi connectivity index (χ1v) is 5.34. The first kappa shape index (κ1) is 12.9. The fourth-order valence-electron chi connectivity index (χ4n) is 1.38. The van der Waals surface area contributed by atoms with Gasteiger partial charge in [-0.15, -0.1) is 0 Å². The van der Waals surface area contributed by atoms with Crippen molar-refractivity contribution in [3.8, 4) is 0 Å². The van der Waals surface area contributed by atoms with Crippen molar-refractivity contribution in [3.63, 3.8) is 0 Å². The van der Waals surface area contributed by atoms with Gasteiger partial charge in [0, 0.05) is 0 Å². The number of hydrogen-bond acceptors (Lipinski definition) is 3. The number of hydrogen-bond donors (Lipinski definition) is 2. The van der Waals surface area contributed by atoms with E-state index < -0.39 is 0 Å². The summed E-state index contributed by atoms with van der Waals surface area (Å²) in [6, 6.07) is 0. The largest absolute Gasteiger partial charge is 0.375 e. The summed E-state index contributed by atoms with van der Waals surface area (Å²) in [5.41, 5.74) is 11.0. The second kappa shape index (κ2) is 8.48. The van der Waals surface area contributed by atoms with Gasteiger partial charge >= 0.3 is 0 Å². The highest BCUT2D eigenvalue weighted by atomic mass is 16.5. The lowest BCUT2D eigenvalue weighted by Gasteiger charge is -2.22. The highest BCUT2D eigenvalue weighted by molar-refractivity contribution is 4.62. The van der Waals surface area contributed by atoms with Gasteiger partial charge in [-0.05, 0) is 38.8 Å². The highest BCUT2D eigenvalue weighted by Gasteiger charge is 2.12. The van der Waals surface area contributed by atoms with Crippen molar-refractivity contribution in [2.45, 2.75) is 51.7 Å². The monoisotopic (exact) mass is 188 g/mol. The third-order valence-electron chi connectivity index (χ3n) is 2.27. The third kappa shape index (κ3) is 6.02. The van der Waals surface area contributed by atoms with E-state index in [1.807, 2.05) is 0 Å². The summed E-state index contributed by atoms with van der Waals surface area (Å²) in [7, 11) is 0. The summed E-state index contributed by atoms with van der Waals surface area (Å²) < 4.78 is 5.87. The van der Waals surface area contributed by atoms with E-state index >= 15 is 0 Å². The Labute approximate surface area is 81.8 Å². The standard InChI is InChI=1S/C10H24N2O/c1-3-9(5-7-11)13-10(4-2)6-8-12/h9-10H,3-8,11-12H2,1-2H3. The molecule has 2 unspecified atom stereocenters. The van der Waals surface area contributed by atoms with Gasteiger partial charge in [0.15, 0.2) is 0 Å². The van der Waals surface area contributed by atoms with Gasteiger partial charge in [-0.3, -0.25) is 0 Å². The molecule has 0 aromatic carbocycles. The van der Waals surface area contributed by atoms with E-state index in [0.29, 0.717) is 25.3 Å². The maximum atomic E-state index is 5.87. The summed E-state index contributed by atoms with van der Waals surface area (Å²) in [5.74, 6) is 0. The average molecular weight is 188 g/mol. The van der Waals surface area contributed by atoms with Crippen molar-refractivity contribution in [2.24, 2.45) is 11.5 Å². The van der Waals surface area contributed by atoms with Crippen LogP contribution in [0.3, 0.4) is 0 Å². The van der Waals surface area contributed by atoms with Gasteiger partial charge in [-0.2, -0.15) is 0 Å². The molecular weight excluding hydrogens is 164 g/mol. The lowest BCUT2D eigenvalue weighted by atomic mass is 10.1. The van der Waals surface area contributed by atoms with Crippen LogP contribution in [-0.2, 0) is 4.74 Å². The smallest absolute Gasteiger partial charge is 0.0588 e. The second-order valence-corrected chi connectivity index (χ2v) is 3.35. The molecule has 13 heavy (non-hydrogen) atoms. The predicted molar refractivity (Wildman–Crippen MR) is 56.6 cm³/mol. The van der Waals surface area contributed by atoms with E-state index in [2.05, 4.69) is 13.8 Å². The average Bonchev–Trinajstić information content (AvgIpc) is 2.16. The molecule has 3 nitrogen and oxygen atoms in total. The molecule has 0 aromatic heterocycles. The molecule has 4 N–H and O–H groups in total. The molecule has 0 bridgehead atoms. The van der Waals surface area contributed by atoms with Crippen molar-refractivity contribution < 1.29 is 4.74 Å². The van der Waals surface area contributed by atoms with Gasteiger partial charge in [0.2, 0.25) is 0 Å². The van der Waals surface area contributed by atoms with Gasteiger partial charge in [0.25, 0.3) is 0 Å². The minimum absolute atomic E-state index is 0.321. The summed E-state index contributed by atoms with van der Waals surface area (Å²) in [6.07, 6.45) is 4.63. The maximum Gasteiger partial charge on any atom is 0.0588 e. The quantitative estimate of drug-likeness (QED) is 0.603. The molecule has 0 aliphatic carbocycles. The lowest BCUT2D eigenvalue weighted by molar-refractivity contribution is -0.0210. The van der Waals surface area contributed by atoms with Gasteiger partial charge in [0.1, 0.15) is 0 Å². The molecule has 0 rings (SSSR count). The van der Waals surface area contributed by atoms with E-state index in [1.54, 1.807) is 0 Å². The maximum absolute atomic E-state index is 5.87. The lowest BCUT2D eigenvalue weighted by Crippen LogP contribution is -2.25. The summed E-state index contributed by atoms with van der Waals surface area (Å²) in [4.78, 5) is 0. The van der Waals surface area contributed by atoms with E-state index in [9.17, 15) is 0 Å². The van der Waals surface area contributed by atoms with Crippen LogP contribution in [0.15, 0.2) is 0 Å². The Hall–Kier alpha value is -0.120. The molecule has 0 aliphatic heterocycles. The van der Waals surface area contributed by atoms with Gasteiger partial charge < -0.3 is 16.2 Å². The molecule has 3 heteroatoms. The summed E-state index contributed by atoms with van der Waals surface area (Å²) in [5, 5.41) is 0. The first-order chi connectivity index (χ1) is 6.28. The molecule has 0 radical (unpaired) electrons. The zero-order valence-corrected chi connectivity index (χ0v) is 8.96. The molecule has 0 saturated heterocycles. The molecule has 0 aromatic rings. The summed E-state index contributed by atoms with van der Waals surface area (Å²) >= 11 is 0. The molecular formula is C10H24N2O. The number of rotatable bonds is 8. The molecule has 2 atom stereocenters. The van der Waals surface area contributed by atoms with Crippen molar-refractivity contribution in [1.82, 2.24) is 0 Å². The van der Waals surface area contributed by atoms with Crippen molar-refractivity contribution >= 4 is 0 Å². The Bertz CT molecular complexity index is 97.1. The molecule has 80 valence electrons. The van der Waals surface area contributed by atoms with Crippen LogP contribution in [0.5, 0.6) is 0 Å². The van der Waals surface area contributed by atoms with Crippen molar-refractivity contribution in [1.29, 1.82) is 0 Å². The molecule has 0 saturated carbocycles. The topological polar surface area (TPSA) is 61.3 Å². The Balaban J connectivity index is 3.73. The third-order valence-corrected chi connectivity index (χ3v) is 2.27. The van der Waals surface area contributed by atoms with Gasteiger partial charge in [-0.25, -0.2) is 0 Å². The zero-order valence-electron chi connectivity index (χ0n) is 8.96. The summed E-state index contributed by atoms with van der Waals surface area (Å²) in [6.45, 7) is 5.68. The van der Waals surface area contributed by atoms with Crippen LogP contribution in [0.4, 0.5) is 0 Å². The second-order valence-electron chi connectivity index (χ2n) is 3.35. The highest BCUT2D eigenvalue weighted by Crippen LogP contribution is 2.11. The predicted octanol–water partition coefficient (Wildman–Crippen LogP) is 1.26. The molecule has 0 amide bonds. The van der Waals surface area contributed by atoms with Crippen molar-refractivity contribution in [3.05, 3.63) is 0 Å². The van der Waals surface area contributed by atoms with Crippen LogP contribution < -0.4 is 11.5 Å². The number of ether oxygens (including phenoxy) is 1. The minimum Gasteiger partial charge on any atom is -0.375 e.